The van der Waals surface area contributed by atoms with Crippen molar-refractivity contribution in [2.24, 2.45) is 10.8 Å². The van der Waals surface area contributed by atoms with Gasteiger partial charge in [-0.15, -0.1) is 0 Å². The second-order valence-electron chi connectivity index (χ2n) is 6.24. The molecule has 0 atom stereocenters. The minimum Gasteiger partial charge on any atom is -0.299 e. The fourth-order valence-corrected chi connectivity index (χ4v) is 2.83. The Bertz CT molecular complexity index is 232. The molecule has 16 heavy (non-hydrogen) atoms. The number of carbonyl (C=O) groups excluding carboxylic acids is 1. The SMILES string of the molecule is CCC(C)(CC)C(=O)CC1(C)CCCCC1. The van der Waals surface area contributed by atoms with Gasteiger partial charge in [-0.25, -0.2) is 0 Å². The van der Waals surface area contributed by atoms with Gasteiger partial charge in [0, 0.05) is 11.8 Å². The largest absolute Gasteiger partial charge is 0.299 e. The first-order valence-electron chi connectivity index (χ1n) is 6.99. The van der Waals surface area contributed by atoms with Crippen molar-refractivity contribution in [3.05, 3.63) is 0 Å². The molecule has 0 aromatic heterocycles. The average Bonchev–Trinajstić information content (AvgIpc) is 2.28. The zero-order valence-corrected chi connectivity index (χ0v) is 11.6. The van der Waals surface area contributed by atoms with Gasteiger partial charge in [-0.2, -0.15) is 0 Å². The summed E-state index contributed by atoms with van der Waals surface area (Å²) in [6.07, 6.45) is 9.28. The van der Waals surface area contributed by atoms with Crippen LogP contribution in [0.25, 0.3) is 0 Å². The molecule has 1 saturated carbocycles. The summed E-state index contributed by atoms with van der Waals surface area (Å²) >= 11 is 0. The van der Waals surface area contributed by atoms with E-state index in [1.54, 1.807) is 0 Å². The summed E-state index contributed by atoms with van der Waals surface area (Å²) in [6.45, 7) is 8.74. The van der Waals surface area contributed by atoms with Crippen LogP contribution in [-0.4, -0.2) is 5.78 Å². The van der Waals surface area contributed by atoms with Gasteiger partial charge in [-0.05, 0) is 31.1 Å². The van der Waals surface area contributed by atoms with Crippen LogP contribution < -0.4 is 0 Å². The van der Waals surface area contributed by atoms with Crippen molar-refractivity contribution < 1.29 is 4.79 Å². The van der Waals surface area contributed by atoms with E-state index >= 15 is 0 Å². The van der Waals surface area contributed by atoms with Crippen LogP contribution in [0, 0.1) is 10.8 Å². The Morgan fingerprint density at radius 3 is 2.06 bits per heavy atom. The zero-order valence-electron chi connectivity index (χ0n) is 11.6. The Balaban J connectivity index is 2.62. The van der Waals surface area contributed by atoms with Crippen molar-refractivity contribution in [3.8, 4) is 0 Å². The van der Waals surface area contributed by atoms with Crippen molar-refractivity contribution in [3.63, 3.8) is 0 Å². The topological polar surface area (TPSA) is 17.1 Å². The number of Topliss-reactive ketones (excluding diaryl/α,β-unsaturated/α-hetero) is 1. The molecular formula is C15H28O. The van der Waals surface area contributed by atoms with E-state index in [9.17, 15) is 4.79 Å². The van der Waals surface area contributed by atoms with Gasteiger partial charge in [0.25, 0.3) is 0 Å². The first-order chi connectivity index (χ1) is 7.46. The van der Waals surface area contributed by atoms with E-state index in [2.05, 4.69) is 27.7 Å². The molecule has 0 saturated heterocycles. The van der Waals surface area contributed by atoms with Crippen LogP contribution >= 0.6 is 0 Å². The Kier molecular flexibility index (Phi) is 4.58. The molecular weight excluding hydrogens is 196 g/mol. The van der Waals surface area contributed by atoms with E-state index in [0.29, 0.717) is 11.2 Å². The summed E-state index contributed by atoms with van der Waals surface area (Å²) in [5, 5.41) is 0. The minimum absolute atomic E-state index is 0.0690. The van der Waals surface area contributed by atoms with Crippen LogP contribution in [0.4, 0.5) is 0 Å². The van der Waals surface area contributed by atoms with Crippen LogP contribution in [0.2, 0.25) is 0 Å². The Labute approximate surface area is 101 Å². The number of hydrogen-bond donors (Lipinski definition) is 0. The highest BCUT2D eigenvalue weighted by molar-refractivity contribution is 5.84. The van der Waals surface area contributed by atoms with Gasteiger partial charge >= 0.3 is 0 Å². The van der Waals surface area contributed by atoms with Crippen molar-refractivity contribution in [2.75, 3.05) is 0 Å². The van der Waals surface area contributed by atoms with Crippen LogP contribution in [-0.2, 0) is 4.79 Å². The maximum atomic E-state index is 12.4. The maximum absolute atomic E-state index is 12.4. The number of ketones is 1. The normalized spacial score (nSPS) is 20.8. The van der Waals surface area contributed by atoms with Gasteiger partial charge in [0.1, 0.15) is 5.78 Å². The van der Waals surface area contributed by atoms with Crippen molar-refractivity contribution in [1.29, 1.82) is 0 Å². The highest BCUT2D eigenvalue weighted by Crippen LogP contribution is 2.42. The van der Waals surface area contributed by atoms with Crippen LogP contribution in [0.15, 0.2) is 0 Å². The van der Waals surface area contributed by atoms with E-state index < -0.39 is 0 Å². The summed E-state index contributed by atoms with van der Waals surface area (Å²) in [4.78, 5) is 12.4. The van der Waals surface area contributed by atoms with Gasteiger partial charge in [0.2, 0.25) is 0 Å². The predicted molar refractivity (Wildman–Crippen MR) is 69.5 cm³/mol. The van der Waals surface area contributed by atoms with Gasteiger partial charge < -0.3 is 0 Å². The molecule has 1 rings (SSSR count). The third-order valence-corrected chi connectivity index (χ3v) is 4.88. The number of hydrogen-bond acceptors (Lipinski definition) is 1. The molecule has 0 amide bonds. The third kappa shape index (κ3) is 3.09. The van der Waals surface area contributed by atoms with Crippen LogP contribution in [0.1, 0.15) is 79.1 Å². The Morgan fingerprint density at radius 2 is 1.62 bits per heavy atom. The summed E-state index contributed by atoms with van der Waals surface area (Å²) in [5.41, 5.74) is 0.237. The number of carbonyl (C=O) groups is 1. The molecule has 0 heterocycles. The van der Waals surface area contributed by atoms with E-state index in [1.165, 1.54) is 32.1 Å². The van der Waals surface area contributed by atoms with Crippen LogP contribution in [0.5, 0.6) is 0 Å². The zero-order chi connectivity index (χ0) is 12.2. The molecule has 0 aliphatic heterocycles. The molecule has 0 spiro atoms. The van der Waals surface area contributed by atoms with E-state index in [4.69, 9.17) is 0 Å². The molecule has 94 valence electrons. The average molecular weight is 224 g/mol. The van der Waals surface area contributed by atoms with Gasteiger partial charge in [-0.1, -0.05) is 47.0 Å². The summed E-state index contributed by atoms with van der Waals surface area (Å²) < 4.78 is 0. The smallest absolute Gasteiger partial charge is 0.139 e. The van der Waals surface area contributed by atoms with Gasteiger partial charge in [0.05, 0.1) is 0 Å². The molecule has 1 fully saturated rings. The molecule has 1 nitrogen and oxygen atoms in total. The van der Waals surface area contributed by atoms with Gasteiger partial charge in [0.15, 0.2) is 0 Å². The Morgan fingerprint density at radius 1 is 1.12 bits per heavy atom. The molecule has 1 aliphatic rings. The first kappa shape index (κ1) is 13.7. The second-order valence-corrected chi connectivity index (χ2v) is 6.24. The first-order valence-corrected chi connectivity index (χ1v) is 6.99. The third-order valence-electron chi connectivity index (χ3n) is 4.88. The summed E-state index contributed by atoms with van der Waals surface area (Å²) in [5.74, 6) is 0.502. The lowest BCUT2D eigenvalue weighted by Crippen LogP contribution is -2.33. The highest BCUT2D eigenvalue weighted by Gasteiger charge is 2.36. The fourth-order valence-electron chi connectivity index (χ4n) is 2.83. The molecule has 0 aromatic rings. The predicted octanol–water partition coefficient (Wildman–Crippen LogP) is 4.74. The fraction of sp³-hybridized carbons (Fsp3) is 0.933. The van der Waals surface area contributed by atoms with E-state index in [1.807, 2.05) is 0 Å². The van der Waals surface area contributed by atoms with E-state index in [0.717, 1.165) is 19.3 Å². The molecule has 0 radical (unpaired) electrons. The van der Waals surface area contributed by atoms with Gasteiger partial charge in [-0.3, -0.25) is 4.79 Å². The van der Waals surface area contributed by atoms with Crippen molar-refractivity contribution in [2.45, 2.75) is 79.1 Å². The molecule has 0 N–H and O–H groups in total. The number of rotatable bonds is 5. The summed E-state index contributed by atoms with van der Waals surface area (Å²) in [6, 6.07) is 0. The van der Waals surface area contributed by atoms with E-state index in [-0.39, 0.29) is 5.41 Å². The standard InChI is InChI=1S/C15H28O/c1-5-15(4,6-2)13(16)12-14(3)10-8-7-9-11-14/h5-12H2,1-4H3. The molecule has 0 unspecified atom stereocenters. The van der Waals surface area contributed by atoms with Crippen molar-refractivity contribution >= 4 is 5.78 Å². The lowest BCUT2D eigenvalue weighted by atomic mass is 9.68. The maximum Gasteiger partial charge on any atom is 0.139 e. The Hall–Kier alpha value is -0.330. The molecule has 1 aliphatic carbocycles. The lowest BCUT2D eigenvalue weighted by molar-refractivity contribution is -0.131. The summed E-state index contributed by atoms with van der Waals surface area (Å²) in [7, 11) is 0. The monoisotopic (exact) mass is 224 g/mol. The van der Waals surface area contributed by atoms with Crippen LogP contribution in [0.3, 0.4) is 0 Å². The lowest BCUT2D eigenvalue weighted by Gasteiger charge is -2.36. The minimum atomic E-state index is -0.0690. The molecule has 0 bridgehead atoms. The van der Waals surface area contributed by atoms with Crippen molar-refractivity contribution in [1.82, 2.24) is 0 Å². The molecule has 0 aromatic carbocycles. The highest BCUT2D eigenvalue weighted by atomic mass is 16.1. The molecule has 1 heteroatoms. The second kappa shape index (κ2) is 5.33. The quantitative estimate of drug-likeness (QED) is 0.659.